The van der Waals surface area contributed by atoms with Crippen LogP contribution in [0.1, 0.15) is 35.6 Å². The molecule has 0 saturated carbocycles. The molecule has 0 atom stereocenters. The van der Waals surface area contributed by atoms with Gasteiger partial charge in [0.15, 0.2) is 5.78 Å². The summed E-state index contributed by atoms with van der Waals surface area (Å²) in [5.74, 6) is -0.727. The molecule has 1 aromatic carbocycles. The van der Waals surface area contributed by atoms with Gasteiger partial charge in [-0.1, -0.05) is 22.9 Å². The first-order valence-corrected chi connectivity index (χ1v) is 7.38. The summed E-state index contributed by atoms with van der Waals surface area (Å²) in [5, 5.41) is 4.39. The second kappa shape index (κ2) is 6.31. The number of halogens is 2. The van der Waals surface area contributed by atoms with Crippen LogP contribution in [0.5, 0.6) is 0 Å². The van der Waals surface area contributed by atoms with Crippen molar-refractivity contribution in [3.8, 4) is 0 Å². The summed E-state index contributed by atoms with van der Waals surface area (Å²) in [4.78, 5) is 12.2. The van der Waals surface area contributed by atoms with Gasteiger partial charge in [-0.15, -0.1) is 0 Å². The predicted octanol–water partition coefficient (Wildman–Crippen LogP) is 3.79. The van der Waals surface area contributed by atoms with E-state index in [-0.39, 0.29) is 17.8 Å². The fourth-order valence-corrected chi connectivity index (χ4v) is 2.41. The van der Waals surface area contributed by atoms with Crippen LogP contribution in [0.25, 0.3) is 0 Å². The molecule has 0 fully saturated rings. The van der Waals surface area contributed by atoms with Gasteiger partial charge in [0.1, 0.15) is 5.82 Å². The fourth-order valence-electron chi connectivity index (χ4n) is 2.08. The lowest BCUT2D eigenvalue weighted by Gasteiger charge is -2.05. The maximum Gasteiger partial charge on any atom is 0.171 e. The van der Waals surface area contributed by atoms with Crippen LogP contribution >= 0.6 is 15.9 Å². The van der Waals surface area contributed by atoms with Crippen molar-refractivity contribution in [3.05, 3.63) is 51.5 Å². The van der Waals surface area contributed by atoms with E-state index in [0.717, 1.165) is 17.8 Å². The lowest BCUT2D eigenvalue weighted by molar-refractivity contribution is 0.0986. The third-order valence-corrected chi connectivity index (χ3v) is 3.64. The molecule has 5 heteroatoms. The van der Waals surface area contributed by atoms with Gasteiger partial charge in [-0.05, 0) is 37.6 Å². The van der Waals surface area contributed by atoms with Gasteiger partial charge in [-0.2, -0.15) is 5.10 Å². The highest BCUT2D eigenvalue weighted by atomic mass is 79.9. The van der Waals surface area contributed by atoms with Gasteiger partial charge in [-0.3, -0.25) is 9.48 Å². The van der Waals surface area contributed by atoms with Gasteiger partial charge in [0.2, 0.25) is 0 Å². The molecule has 1 heterocycles. The molecule has 0 N–H and O–H groups in total. The van der Waals surface area contributed by atoms with E-state index in [1.807, 2.05) is 19.9 Å². The van der Waals surface area contributed by atoms with Crippen molar-refractivity contribution < 1.29 is 9.18 Å². The van der Waals surface area contributed by atoms with Crippen LogP contribution in [-0.2, 0) is 19.4 Å². The zero-order valence-corrected chi connectivity index (χ0v) is 13.1. The van der Waals surface area contributed by atoms with Crippen LogP contribution in [0, 0.1) is 5.82 Å². The van der Waals surface area contributed by atoms with Crippen LogP contribution in [0.2, 0.25) is 0 Å². The predicted molar refractivity (Wildman–Crippen MR) is 79.4 cm³/mol. The molecule has 0 unspecified atom stereocenters. The van der Waals surface area contributed by atoms with E-state index in [1.165, 1.54) is 12.1 Å². The zero-order valence-electron chi connectivity index (χ0n) is 11.5. The number of carbonyl (C=O) groups excluding carboxylic acids is 1. The van der Waals surface area contributed by atoms with E-state index in [0.29, 0.717) is 11.0 Å². The van der Waals surface area contributed by atoms with Crippen molar-refractivity contribution >= 4 is 21.7 Å². The van der Waals surface area contributed by atoms with Crippen molar-refractivity contribution in [2.45, 2.75) is 33.2 Å². The third-order valence-electron chi connectivity index (χ3n) is 3.15. The number of rotatable bonds is 5. The highest BCUT2D eigenvalue weighted by Gasteiger charge is 2.15. The molecule has 2 rings (SSSR count). The van der Waals surface area contributed by atoms with E-state index in [2.05, 4.69) is 21.0 Å². The quantitative estimate of drug-likeness (QED) is 0.777. The summed E-state index contributed by atoms with van der Waals surface area (Å²) in [6.07, 6.45) is 0.986. The molecule has 0 aliphatic heterocycles. The number of nitrogens with zero attached hydrogens (tertiary/aromatic N) is 2. The molecule has 3 nitrogen and oxygen atoms in total. The Morgan fingerprint density at radius 2 is 2.10 bits per heavy atom. The molecule has 0 amide bonds. The summed E-state index contributed by atoms with van der Waals surface area (Å²) in [6, 6.07) is 6.40. The van der Waals surface area contributed by atoms with Gasteiger partial charge in [-0.25, -0.2) is 4.39 Å². The minimum absolute atomic E-state index is 0.120. The number of hydrogen-bond acceptors (Lipinski definition) is 2. The first kappa shape index (κ1) is 14.9. The average molecular weight is 339 g/mol. The Balaban J connectivity index is 2.25. The monoisotopic (exact) mass is 338 g/mol. The van der Waals surface area contributed by atoms with Crippen LogP contribution < -0.4 is 0 Å². The first-order valence-electron chi connectivity index (χ1n) is 6.59. The van der Waals surface area contributed by atoms with Crippen molar-refractivity contribution in [3.63, 3.8) is 0 Å². The van der Waals surface area contributed by atoms with Gasteiger partial charge in [0.25, 0.3) is 0 Å². The fraction of sp³-hybridized carbons (Fsp3) is 0.333. The number of benzene rings is 1. The normalized spacial score (nSPS) is 10.8. The van der Waals surface area contributed by atoms with Gasteiger partial charge in [0, 0.05) is 16.7 Å². The third kappa shape index (κ3) is 3.15. The molecule has 0 bridgehead atoms. The molecular formula is C15H16BrFN2O. The Kier molecular flexibility index (Phi) is 4.70. The maximum atomic E-state index is 13.8. The number of ketones is 1. The Hall–Kier alpha value is -1.49. The summed E-state index contributed by atoms with van der Waals surface area (Å²) < 4.78 is 16.2. The van der Waals surface area contributed by atoms with Gasteiger partial charge < -0.3 is 0 Å². The summed E-state index contributed by atoms with van der Waals surface area (Å²) in [5.41, 5.74) is 1.90. The van der Waals surface area contributed by atoms with E-state index < -0.39 is 5.82 Å². The Labute approximate surface area is 125 Å². The van der Waals surface area contributed by atoms with E-state index in [9.17, 15) is 9.18 Å². The maximum absolute atomic E-state index is 13.8. The number of carbonyl (C=O) groups is 1. The smallest absolute Gasteiger partial charge is 0.171 e. The number of hydrogen-bond donors (Lipinski definition) is 0. The molecule has 0 radical (unpaired) electrons. The van der Waals surface area contributed by atoms with Crippen LogP contribution in [0.4, 0.5) is 4.39 Å². The molecule has 1 aromatic heterocycles. The van der Waals surface area contributed by atoms with Crippen molar-refractivity contribution in [2.24, 2.45) is 0 Å². The molecule has 106 valence electrons. The average Bonchev–Trinajstić information content (AvgIpc) is 2.80. The van der Waals surface area contributed by atoms with E-state index in [1.54, 1.807) is 10.7 Å². The number of aromatic nitrogens is 2. The largest absolute Gasteiger partial charge is 0.294 e. The Morgan fingerprint density at radius 3 is 2.70 bits per heavy atom. The highest BCUT2D eigenvalue weighted by molar-refractivity contribution is 9.10. The second-order valence-electron chi connectivity index (χ2n) is 4.52. The van der Waals surface area contributed by atoms with Crippen LogP contribution in [-0.4, -0.2) is 15.6 Å². The summed E-state index contributed by atoms with van der Waals surface area (Å²) in [7, 11) is 0. The zero-order chi connectivity index (χ0) is 14.7. The van der Waals surface area contributed by atoms with Gasteiger partial charge >= 0.3 is 0 Å². The number of Topliss-reactive ketones (excluding diaryl/α,β-unsaturated/α-hetero) is 1. The first-order chi connectivity index (χ1) is 9.55. The van der Waals surface area contributed by atoms with E-state index in [4.69, 9.17) is 0 Å². The summed E-state index contributed by atoms with van der Waals surface area (Å²) >= 11 is 3.18. The van der Waals surface area contributed by atoms with Crippen molar-refractivity contribution in [2.75, 3.05) is 0 Å². The minimum Gasteiger partial charge on any atom is -0.294 e. The topological polar surface area (TPSA) is 34.9 Å². The molecule has 0 saturated heterocycles. The second-order valence-corrected chi connectivity index (χ2v) is 5.44. The lowest BCUT2D eigenvalue weighted by Crippen LogP contribution is -2.11. The van der Waals surface area contributed by atoms with Crippen LogP contribution in [0.15, 0.2) is 28.7 Å². The summed E-state index contributed by atoms with van der Waals surface area (Å²) in [6.45, 7) is 4.69. The SMILES string of the molecule is CCc1cc(CC(=O)c2ccc(Br)cc2F)n(CC)n1. The Bertz CT molecular complexity index is 637. The standard InChI is InChI=1S/C15H16BrFN2O/c1-3-11-8-12(19(4-2)18-11)9-15(20)13-6-5-10(16)7-14(13)17/h5-8H,3-4,9H2,1-2H3. The van der Waals surface area contributed by atoms with Gasteiger partial charge in [0.05, 0.1) is 17.7 Å². The number of aryl methyl sites for hydroxylation is 2. The molecule has 0 aliphatic carbocycles. The van der Waals surface area contributed by atoms with E-state index >= 15 is 0 Å². The Morgan fingerprint density at radius 1 is 1.35 bits per heavy atom. The molecule has 20 heavy (non-hydrogen) atoms. The van der Waals surface area contributed by atoms with Crippen LogP contribution in [0.3, 0.4) is 0 Å². The molecular weight excluding hydrogens is 323 g/mol. The molecule has 0 spiro atoms. The highest BCUT2D eigenvalue weighted by Crippen LogP contribution is 2.17. The lowest BCUT2D eigenvalue weighted by atomic mass is 10.1. The molecule has 0 aliphatic rings. The minimum atomic E-state index is -0.498. The van der Waals surface area contributed by atoms with Crippen molar-refractivity contribution in [1.29, 1.82) is 0 Å². The molecule has 2 aromatic rings. The van der Waals surface area contributed by atoms with Crippen molar-refractivity contribution in [1.82, 2.24) is 9.78 Å².